The van der Waals surface area contributed by atoms with E-state index in [0.29, 0.717) is 6.04 Å². The highest BCUT2D eigenvalue weighted by Gasteiger charge is 2.09. The van der Waals surface area contributed by atoms with E-state index in [-0.39, 0.29) is 0 Å². The average molecular weight is 238 g/mol. The molecule has 3 heteroatoms. The number of hydrogen-bond acceptors (Lipinski definition) is 3. The highest BCUT2D eigenvalue weighted by Crippen LogP contribution is 2.18. The Hall–Kier alpha value is -0.540. The van der Waals surface area contributed by atoms with E-state index in [1.54, 1.807) is 0 Å². The van der Waals surface area contributed by atoms with Gasteiger partial charge in [0.25, 0.3) is 0 Å². The fraction of sp³-hybridized carbons (Fsp3) is 0.615. The maximum atomic E-state index is 4.36. The second kappa shape index (κ2) is 7.69. The van der Waals surface area contributed by atoms with Crippen molar-refractivity contribution < 1.29 is 0 Å². The predicted octanol–water partition coefficient (Wildman–Crippen LogP) is 3.18. The van der Waals surface area contributed by atoms with E-state index in [1.165, 1.54) is 17.7 Å². The van der Waals surface area contributed by atoms with Crippen molar-refractivity contribution in [1.82, 2.24) is 10.3 Å². The third-order valence-corrected chi connectivity index (χ3v) is 3.69. The van der Waals surface area contributed by atoms with Crippen molar-refractivity contribution in [3.63, 3.8) is 0 Å². The van der Waals surface area contributed by atoms with Crippen LogP contribution in [0.3, 0.4) is 0 Å². The third-order valence-electron chi connectivity index (χ3n) is 2.42. The van der Waals surface area contributed by atoms with Gasteiger partial charge in [-0.15, -0.1) is 0 Å². The lowest BCUT2D eigenvalue weighted by atomic mass is 10.1. The Morgan fingerprint density at radius 1 is 1.38 bits per heavy atom. The minimum Gasteiger partial charge on any atom is -0.309 e. The summed E-state index contributed by atoms with van der Waals surface area (Å²) in [4.78, 5) is 4.36. The molecule has 1 N–H and O–H groups in total. The van der Waals surface area contributed by atoms with Gasteiger partial charge in [0, 0.05) is 23.7 Å². The summed E-state index contributed by atoms with van der Waals surface area (Å²) in [5.74, 6) is 2.37. The van der Waals surface area contributed by atoms with Gasteiger partial charge in [0.1, 0.15) is 0 Å². The van der Waals surface area contributed by atoms with Gasteiger partial charge in [-0.2, -0.15) is 11.8 Å². The highest BCUT2D eigenvalue weighted by molar-refractivity contribution is 7.99. The molecule has 0 saturated carbocycles. The highest BCUT2D eigenvalue weighted by atomic mass is 32.2. The van der Waals surface area contributed by atoms with E-state index in [4.69, 9.17) is 0 Å². The average Bonchev–Trinajstić information content (AvgIpc) is 2.29. The zero-order valence-electron chi connectivity index (χ0n) is 10.5. The summed E-state index contributed by atoms with van der Waals surface area (Å²) in [6, 6.07) is 4.71. The van der Waals surface area contributed by atoms with Crippen molar-refractivity contribution in [2.45, 2.75) is 33.2 Å². The number of rotatable bonds is 7. The molecule has 0 spiro atoms. The molecule has 1 aromatic heterocycles. The molecule has 1 heterocycles. The summed E-state index contributed by atoms with van der Waals surface area (Å²) < 4.78 is 0. The number of hydrogen-bond donors (Lipinski definition) is 1. The summed E-state index contributed by atoms with van der Waals surface area (Å²) in [6.45, 7) is 7.41. The van der Waals surface area contributed by atoms with Gasteiger partial charge in [0.15, 0.2) is 0 Å². The summed E-state index contributed by atoms with van der Waals surface area (Å²) in [5.41, 5.74) is 2.39. The van der Waals surface area contributed by atoms with Crippen LogP contribution in [0.4, 0.5) is 0 Å². The van der Waals surface area contributed by atoms with Crippen molar-refractivity contribution in [2.24, 2.45) is 0 Å². The molecule has 1 aromatic rings. The van der Waals surface area contributed by atoms with Gasteiger partial charge in [-0.25, -0.2) is 0 Å². The van der Waals surface area contributed by atoms with E-state index >= 15 is 0 Å². The molecule has 0 aliphatic rings. The molecule has 0 aliphatic carbocycles. The molecular weight excluding hydrogens is 216 g/mol. The van der Waals surface area contributed by atoms with Gasteiger partial charge in [-0.1, -0.05) is 19.9 Å². The maximum absolute atomic E-state index is 4.36. The lowest BCUT2D eigenvalue weighted by Crippen LogP contribution is -2.23. The second-order valence-electron chi connectivity index (χ2n) is 3.92. The van der Waals surface area contributed by atoms with Crippen LogP contribution in [0, 0.1) is 6.92 Å². The number of nitrogens with zero attached hydrogens (tertiary/aromatic N) is 1. The Kier molecular flexibility index (Phi) is 6.50. The van der Waals surface area contributed by atoms with Crippen LogP contribution in [0.5, 0.6) is 0 Å². The van der Waals surface area contributed by atoms with Gasteiger partial charge in [0.05, 0.1) is 0 Å². The molecule has 1 rings (SSSR count). The quantitative estimate of drug-likeness (QED) is 0.739. The first kappa shape index (κ1) is 13.5. The van der Waals surface area contributed by atoms with Gasteiger partial charge < -0.3 is 5.32 Å². The molecule has 16 heavy (non-hydrogen) atoms. The van der Waals surface area contributed by atoms with Crippen molar-refractivity contribution in [3.8, 4) is 0 Å². The van der Waals surface area contributed by atoms with Crippen LogP contribution >= 0.6 is 11.8 Å². The van der Waals surface area contributed by atoms with E-state index < -0.39 is 0 Å². The fourth-order valence-electron chi connectivity index (χ4n) is 1.55. The summed E-state index contributed by atoms with van der Waals surface area (Å²) >= 11 is 2.01. The van der Waals surface area contributed by atoms with Gasteiger partial charge in [-0.3, -0.25) is 4.98 Å². The van der Waals surface area contributed by atoms with Gasteiger partial charge in [-0.05, 0) is 37.3 Å². The van der Waals surface area contributed by atoms with Crippen LogP contribution in [-0.2, 0) is 0 Å². The number of aromatic nitrogens is 1. The summed E-state index contributed by atoms with van der Waals surface area (Å²) in [6.07, 6.45) is 3.24. The Balaban J connectivity index is 2.57. The van der Waals surface area contributed by atoms with Crippen LogP contribution in [-0.4, -0.2) is 23.0 Å². The van der Waals surface area contributed by atoms with Crippen LogP contribution in [0.25, 0.3) is 0 Å². The van der Waals surface area contributed by atoms with Crippen molar-refractivity contribution in [3.05, 3.63) is 29.6 Å². The largest absolute Gasteiger partial charge is 0.309 e. The first-order valence-corrected chi connectivity index (χ1v) is 7.17. The Morgan fingerprint density at radius 3 is 2.75 bits per heavy atom. The van der Waals surface area contributed by atoms with Gasteiger partial charge >= 0.3 is 0 Å². The van der Waals surface area contributed by atoms with Gasteiger partial charge in [0.2, 0.25) is 0 Å². The summed E-state index contributed by atoms with van der Waals surface area (Å²) in [7, 11) is 0. The number of aryl methyl sites for hydroxylation is 1. The van der Waals surface area contributed by atoms with Crippen molar-refractivity contribution >= 4 is 11.8 Å². The van der Waals surface area contributed by atoms with E-state index in [1.807, 2.05) is 24.9 Å². The smallest absolute Gasteiger partial charge is 0.0427 e. The molecule has 0 aromatic carbocycles. The first-order chi connectivity index (χ1) is 7.77. The van der Waals surface area contributed by atoms with Crippen LogP contribution in [0.15, 0.2) is 18.3 Å². The Labute approximate surface area is 103 Å². The molecule has 0 fully saturated rings. The molecule has 1 unspecified atom stereocenters. The summed E-state index contributed by atoms with van der Waals surface area (Å²) in [5, 5.41) is 3.52. The molecule has 2 nitrogen and oxygen atoms in total. The minimum absolute atomic E-state index is 0.439. The molecule has 0 radical (unpaired) electrons. The third kappa shape index (κ3) is 4.54. The van der Waals surface area contributed by atoms with E-state index in [9.17, 15) is 0 Å². The molecule has 1 atom stereocenters. The molecule has 0 aliphatic heterocycles. The Morgan fingerprint density at radius 2 is 2.19 bits per heavy atom. The molecule has 90 valence electrons. The van der Waals surface area contributed by atoms with Crippen LogP contribution in [0.2, 0.25) is 0 Å². The second-order valence-corrected chi connectivity index (χ2v) is 5.07. The number of nitrogens with one attached hydrogen (secondary N) is 1. The monoisotopic (exact) mass is 238 g/mol. The minimum atomic E-state index is 0.439. The maximum Gasteiger partial charge on any atom is 0.0427 e. The number of thioether (sulfide) groups is 1. The number of pyridine rings is 1. The molecule has 0 bridgehead atoms. The normalized spacial score (nSPS) is 12.7. The topological polar surface area (TPSA) is 24.9 Å². The zero-order chi connectivity index (χ0) is 11.8. The fourth-order valence-corrected chi connectivity index (χ4v) is 2.55. The zero-order valence-corrected chi connectivity index (χ0v) is 11.3. The molecular formula is C13H22N2S. The SMILES string of the molecule is CCCSCC(NCC)c1ccc(C)nc1. The Bertz CT molecular complexity index is 284. The lowest BCUT2D eigenvalue weighted by Gasteiger charge is -2.17. The van der Waals surface area contributed by atoms with Crippen molar-refractivity contribution in [1.29, 1.82) is 0 Å². The first-order valence-electron chi connectivity index (χ1n) is 6.01. The predicted molar refractivity (Wildman–Crippen MR) is 73.0 cm³/mol. The van der Waals surface area contributed by atoms with Crippen LogP contribution < -0.4 is 5.32 Å². The van der Waals surface area contributed by atoms with E-state index in [0.717, 1.165) is 18.0 Å². The molecule has 0 saturated heterocycles. The lowest BCUT2D eigenvalue weighted by molar-refractivity contribution is 0.603. The van der Waals surface area contributed by atoms with Crippen LogP contribution in [0.1, 0.15) is 37.6 Å². The van der Waals surface area contributed by atoms with E-state index in [2.05, 4.69) is 36.3 Å². The van der Waals surface area contributed by atoms with Crippen molar-refractivity contribution in [2.75, 3.05) is 18.1 Å². The standard InChI is InChI=1S/C13H22N2S/c1-4-8-16-10-13(14-5-2)12-7-6-11(3)15-9-12/h6-7,9,13-14H,4-5,8,10H2,1-3H3. The molecule has 0 amide bonds.